The number of anilines is 2. The van der Waals surface area contributed by atoms with Gasteiger partial charge in [0, 0.05) is 33.4 Å². The van der Waals surface area contributed by atoms with E-state index in [1.54, 1.807) is 13.3 Å². The molecule has 32 heavy (non-hydrogen) atoms. The maximum absolute atomic E-state index is 6.19. The molecule has 5 rings (SSSR count). The third-order valence-electron chi connectivity index (χ3n) is 5.09. The van der Waals surface area contributed by atoms with Crippen LogP contribution in [0.1, 0.15) is 0 Å². The molecule has 0 bridgehead atoms. The molecule has 0 unspecified atom stereocenters. The lowest BCUT2D eigenvalue weighted by Gasteiger charge is -2.12. The molecule has 0 aliphatic carbocycles. The summed E-state index contributed by atoms with van der Waals surface area (Å²) >= 11 is 6.19. The summed E-state index contributed by atoms with van der Waals surface area (Å²) in [6.07, 6.45) is 1.78. The molecule has 5 nitrogen and oxygen atoms in total. The summed E-state index contributed by atoms with van der Waals surface area (Å²) in [5.41, 5.74) is 4.45. The minimum absolute atomic E-state index is 0.609. The molecule has 0 saturated heterocycles. The van der Waals surface area contributed by atoms with Gasteiger partial charge in [0.05, 0.1) is 18.3 Å². The lowest BCUT2D eigenvalue weighted by atomic mass is 10.1. The van der Waals surface area contributed by atoms with Gasteiger partial charge < -0.3 is 10.1 Å². The van der Waals surface area contributed by atoms with E-state index in [9.17, 15) is 0 Å². The summed E-state index contributed by atoms with van der Waals surface area (Å²) in [6, 6.07) is 27.2. The van der Waals surface area contributed by atoms with Gasteiger partial charge in [0.1, 0.15) is 11.6 Å². The number of methoxy groups -OCH3 is 1. The standard InChI is InChI=1S/C26H19ClN4O/c1-32-21-11-9-17(10-12-21)24-16-20(13-14-28-24)29-26-22-7-2-3-8-23(22)30-25(31-26)18-5-4-6-19(27)15-18/h2-16H,1H3,(H,28,29,30,31). The molecule has 156 valence electrons. The monoisotopic (exact) mass is 438 g/mol. The summed E-state index contributed by atoms with van der Waals surface area (Å²) in [7, 11) is 1.65. The molecule has 0 fully saturated rings. The fourth-order valence-corrected chi connectivity index (χ4v) is 3.68. The van der Waals surface area contributed by atoms with Crippen LogP contribution in [0.15, 0.2) is 91.1 Å². The van der Waals surface area contributed by atoms with E-state index >= 15 is 0 Å². The fraction of sp³-hybridized carbons (Fsp3) is 0.0385. The first-order chi connectivity index (χ1) is 15.7. The number of aromatic nitrogens is 3. The van der Waals surface area contributed by atoms with Crippen LogP contribution >= 0.6 is 11.6 Å². The topological polar surface area (TPSA) is 59.9 Å². The second-order valence-corrected chi connectivity index (χ2v) is 7.64. The number of nitrogens with zero attached hydrogens (tertiary/aromatic N) is 3. The SMILES string of the molecule is COc1ccc(-c2cc(Nc3nc(-c4cccc(Cl)c4)nc4ccccc34)ccn2)cc1. The summed E-state index contributed by atoms with van der Waals surface area (Å²) in [5.74, 6) is 2.14. The van der Waals surface area contributed by atoms with Gasteiger partial charge in [-0.3, -0.25) is 4.98 Å². The molecule has 0 aliphatic heterocycles. The van der Waals surface area contributed by atoms with Crippen LogP contribution < -0.4 is 10.1 Å². The van der Waals surface area contributed by atoms with E-state index in [0.29, 0.717) is 10.8 Å². The molecule has 0 spiro atoms. The Labute approximate surface area is 190 Å². The van der Waals surface area contributed by atoms with Gasteiger partial charge in [-0.1, -0.05) is 35.9 Å². The van der Waals surface area contributed by atoms with Crippen LogP contribution in [0.3, 0.4) is 0 Å². The quantitative estimate of drug-likeness (QED) is 0.328. The number of rotatable bonds is 5. The molecular formula is C26H19ClN4O. The Morgan fingerprint density at radius 3 is 2.47 bits per heavy atom. The van der Waals surface area contributed by atoms with Crippen molar-refractivity contribution in [2.45, 2.75) is 0 Å². The second-order valence-electron chi connectivity index (χ2n) is 7.21. The predicted octanol–water partition coefficient (Wildman–Crippen LogP) is 6.76. The van der Waals surface area contributed by atoms with E-state index in [4.69, 9.17) is 26.3 Å². The summed E-state index contributed by atoms with van der Waals surface area (Å²) in [5, 5.41) is 5.03. The Balaban J connectivity index is 1.55. The summed E-state index contributed by atoms with van der Waals surface area (Å²) in [6.45, 7) is 0. The number of ether oxygens (including phenoxy) is 1. The molecule has 0 saturated carbocycles. The maximum atomic E-state index is 6.19. The molecule has 5 aromatic rings. The van der Waals surface area contributed by atoms with Crippen molar-refractivity contribution in [1.82, 2.24) is 15.0 Å². The van der Waals surface area contributed by atoms with Gasteiger partial charge in [-0.2, -0.15) is 0 Å². The molecule has 3 aromatic carbocycles. The van der Waals surface area contributed by atoms with Crippen molar-refractivity contribution in [2.24, 2.45) is 0 Å². The lowest BCUT2D eigenvalue weighted by Crippen LogP contribution is -2.00. The van der Waals surface area contributed by atoms with Gasteiger partial charge in [0.15, 0.2) is 5.82 Å². The van der Waals surface area contributed by atoms with Gasteiger partial charge in [0.25, 0.3) is 0 Å². The number of pyridine rings is 1. The number of hydrogen-bond donors (Lipinski definition) is 1. The smallest absolute Gasteiger partial charge is 0.162 e. The highest BCUT2D eigenvalue weighted by Crippen LogP contribution is 2.29. The number of benzene rings is 3. The predicted molar refractivity (Wildman–Crippen MR) is 129 cm³/mol. The van der Waals surface area contributed by atoms with Crippen molar-refractivity contribution in [3.63, 3.8) is 0 Å². The zero-order valence-electron chi connectivity index (χ0n) is 17.3. The highest BCUT2D eigenvalue weighted by atomic mass is 35.5. The summed E-state index contributed by atoms with van der Waals surface area (Å²) in [4.78, 5) is 14.1. The molecule has 0 radical (unpaired) electrons. The molecule has 2 heterocycles. The Morgan fingerprint density at radius 2 is 1.66 bits per heavy atom. The van der Waals surface area contributed by atoms with Crippen molar-refractivity contribution in [3.05, 3.63) is 96.1 Å². The van der Waals surface area contributed by atoms with Crippen LogP contribution in [0.2, 0.25) is 5.02 Å². The van der Waals surface area contributed by atoms with Crippen molar-refractivity contribution < 1.29 is 4.74 Å². The van der Waals surface area contributed by atoms with Crippen molar-refractivity contribution in [2.75, 3.05) is 12.4 Å². The zero-order chi connectivity index (χ0) is 21.9. The van der Waals surface area contributed by atoms with Gasteiger partial charge in [-0.25, -0.2) is 9.97 Å². The third kappa shape index (κ3) is 4.11. The largest absolute Gasteiger partial charge is 0.497 e. The Kier molecular flexibility index (Phi) is 5.40. The second kappa shape index (κ2) is 8.65. The van der Waals surface area contributed by atoms with E-state index in [1.165, 1.54) is 0 Å². The van der Waals surface area contributed by atoms with E-state index < -0.39 is 0 Å². The molecule has 0 aliphatic rings. The van der Waals surface area contributed by atoms with E-state index in [-0.39, 0.29) is 0 Å². The van der Waals surface area contributed by atoms with Gasteiger partial charge in [0.2, 0.25) is 0 Å². The molecule has 0 amide bonds. The first-order valence-corrected chi connectivity index (χ1v) is 10.5. The first-order valence-electron chi connectivity index (χ1n) is 10.1. The number of nitrogens with one attached hydrogen (secondary N) is 1. The van der Waals surface area contributed by atoms with Crippen LogP contribution in [-0.4, -0.2) is 22.1 Å². The number of para-hydroxylation sites is 1. The Morgan fingerprint density at radius 1 is 0.812 bits per heavy atom. The van der Waals surface area contributed by atoms with Crippen LogP contribution in [0.4, 0.5) is 11.5 Å². The van der Waals surface area contributed by atoms with Gasteiger partial charge in [-0.15, -0.1) is 0 Å². The Bertz CT molecular complexity index is 1400. The molecule has 2 aromatic heterocycles. The third-order valence-corrected chi connectivity index (χ3v) is 5.33. The van der Waals surface area contributed by atoms with E-state index in [0.717, 1.165) is 45.0 Å². The minimum Gasteiger partial charge on any atom is -0.497 e. The number of hydrogen-bond acceptors (Lipinski definition) is 5. The van der Waals surface area contributed by atoms with Gasteiger partial charge in [-0.05, 0) is 60.7 Å². The molecular weight excluding hydrogens is 420 g/mol. The van der Waals surface area contributed by atoms with Crippen molar-refractivity contribution in [1.29, 1.82) is 0 Å². The Hall–Kier alpha value is -3.96. The number of halogens is 1. The normalized spacial score (nSPS) is 10.8. The van der Waals surface area contributed by atoms with E-state index in [1.807, 2.05) is 84.9 Å². The van der Waals surface area contributed by atoms with Crippen LogP contribution in [0, 0.1) is 0 Å². The molecule has 1 N–H and O–H groups in total. The van der Waals surface area contributed by atoms with Crippen LogP contribution in [0.5, 0.6) is 5.75 Å². The minimum atomic E-state index is 0.609. The van der Waals surface area contributed by atoms with Crippen molar-refractivity contribution in [3.8, 4) is 28.4 Å². The van der Waals surface area contributed by atoms with E-state index in [2.05, 4.69) is 10.3 Å². The van der Waals surface area contributed by atoms with Gasteiger partial charge >= 0.3 is 0 Å². The average Bonchev–Trinajstić information content (AvgIpc) is 2.84. The fourth-order valence-electron chi connectivity index (χ4n) is 3.49. The van der Waals surface area contributed by atoms with Crippen LogP contribution in [0.25, 0.3) is 33.5 Å². The van der Waals surface area contributed by atoms with Crippen molar-refractivity contribution >= 4 is 34.0 Å². The molecule has 6 heteroatoms. The lowest BCUT2D eigenvalue weighted by molar-refractivity contribution is 0.415. The zero-order valence-corrected chi connectivity index (χ0v) is 18.0. The van der Waals surface area contributed by atoms with Crippen LogP contribution in [-0.2, 0) is 0 Å². The summed E-state index contributed by atoms with van der Waals surface area (Å²) < 4.78 is 5.25. The maximum Gasteiger partial charge on any atom is 0.162 e. The highest BCUT2D eigenvalue weighted by Gasteiger charge is 2.11. The highest BCUT2D eigenvalue weighted by molar-refractivity contribution is 6.30. The number of fused-ring (bicyclic) bond motifs is 1. The first kappa shape index (κ1) is 20.0. The molecule has 0 atom stereocenters. The average molecular weight is 439 g/mol.